The third kappa shape index (κ3) is 3.62. The van der Waals surface area contributed by atoms with E-state index in [1.165, 1.54) is 0 Å². The number of carboxylic acid groups (broad SMARTS) is 2. The highest BCUT2D eigenvalue weighted by molar-refractivity contribution is 5.95. The molecule has 0 radical (unpaired) electrons. The van der Waals surface area contributed by atoms with E-state index < -0.39 is 23.9 Å². The smallest absolute Gasteiger partial charge is 0.326 e. The molecule has 98 valence electrons. The van der Waals surface area contributed by atoms with Gasteiger partial charge in [0.1, 0.15) is 11.7 Å². The van der Waals surface area contributed by atoms with Gasteiger partial charge >= 0.3 is 11.9 Å². The summed E-state index contributed by atoms with van der Waals surface area (Å²) in [5.74, 6) is -2.89. The first-order valence-corrected chi connectivity index (χ1v) is 5.28. The first kappa shape index (κ1) is 13.8. The molecular weight excluding hydrogens is 240 g/mol. The lowest BCUT2D eigenvalue weighted by atomic mass is 10.1. The number of carbonyl (C=O) groups excluding carboxylic acids is 1. The zero-order chi connectivity index (χ0) is 13.7. The predicted octanol–water partition coefficient (Wildman–Crippen LogP) is 0.0729. The number of nitrogens with zero attached hydrogens (tertiary/aromatic N) is 1. The van der Waals surface area contributed by atoms with E-state index in [2.05, 4.69) is 5.32 Å². The van der Waals surface area contributed by atoms with Crippen molar-refractivity contribution in [3.8, 4) is 0 Å². The Labute approximate surface area is 103 Å². The van der Waals surface area contributed by atoms with Crippen molar-refractivity contribution in [2.45, 2.75) is 18.9 Å². The van der Waals surface area contributed by atoms with Crippen LogP contribution in [0.5, 0.6) is 0 Å². The Balaban J connectivity index is 2.67. The van der Waals surface area contributed by atoms with Crippen LogP contribution in [-0.2, 0) is 16.6 Å². The van der Waals surface area contributed by atoms with Crippen LogP contribution < -0.4 is 5.32 Å². The minimum atomic E-state index is -1.25. The first-order valence-electron chi connectivity index (χ1n) is 5.28. The van der Waals surface area contributed by atoms with Crippen molar-refractivity contribution in [3.05, 3.63) is 24.0 Å². The van der Waals surface area contributed by atoms with Crippen LogP contribution in [0.2, 0.25) is 0 Å². The molecule has 0 aliphatic heterocycles. The van der Waals surface area contributed by atoms with E-state index in [0.717, 1.165) is 0 Å². The van der Waals surface area contributed by atoms with Crippen LogP contribution in [0.3, 0.4) is 0 Å². The summed E-state index contributed by atoms with van der Waals surface area (Å²) in [4.78, 5) is 33.0. The maximum atomic E-state index is 11.7. The van der Waals surface area contributed by atoms with Gasteiger partial charge in [-0.15, -0.1) is 0 Å². The summed E-state index contributed by atoms with van der Waals surface area (Å²) in [5.41, 5.74) is 0.316. The number of aryl methyl sites for hydroxylation is 1. The molecule has 0 saturated heterocycles. The maximum absolute atomic E-state index is 11.7. The Hall–Kier alpha value is -2.31. The molecule has 1 amide bonds. The van der Waals surface area contributed by atoms with Crippen LogP contribution in [0.25, 0.3) is 0 Å². The molecule has 7 heteroatoms. The SMILES string of the molecule is Cn1cccc1C(=O)NC(CCC(=O)O)C(=O)O. The maximum Gasteiger partial charge on any atom is 0.326 e. The van der Waals surface area contributed by atoms with Gasteiger partial charge in [-0.3, -0.25) is 9.59 Å². The van der Waals surface area contributed by atoms with Crippen LogP contribution in [0.15, 0.2) is 18.3 Å². The number of amides is 1. The molecule has 0 aliphatic rings. The van der Waals surface area contributed by atoms with Gasteiger partial charge in [-0.25, -0.2) is 4.79 Å². The Kier molecular flexibility index (Phi) is 4.47. The number of nitrogens with one attached hydrogen (secondary N) is 1. The average Bonchev–Trinajstić information content (AvgIpc) is 2.69. The first-order chi connectivity index (χ1) is 8.41. The quantitative estimate of drug-likeness (QED) is 0.665. The molecule has 0 bridgehead atoms. The molecule has 0 saturated carbocycles. The second-order valence-electron chi connectivity index (χ2n) is 3.80. The number of hydrogen-bond acceptors (Lipinski definition) is 3. The van der Waals surface area contributed by atoms with E-state index in [1.54, 1.807) is 29.9 Å². The van der Waals surface area contributed by atoms with Crippen molar-refractivity contribution in [3.63, 3.8) is 0 Å². The fourth-order valence-electron chi connectivity index (χ4n) is 1.45. The van der Waals surface area contributed by atoms with Gasteiger partial charge in [-0.1, -0.05) is 0 Å². The fraction of sp³-hybridized carbons (Fsp3) is 0.364. The van der Waals surface area contributed by atoms with Gasteiger partial charge in [0.05, 0.1) is 0 Å². The number of aromatic nitrogens is 1. The number of rotatable bonds is 6. The predicted molar refractivity (Wildman–Crippen MR) is 61.2 cm³/mol. The normalized spacial score (nSPS) is 11.8. The van der Waals surface area contributed by atoms with Crippen molar-refractivity contribution in [1.82, 2.24) is 9.88 Å². The van der Waals surface area contributed by atoms with Crippen LogP contribution in [0.4, 0.5) is 0 Å². The van der Waals surface area contributed by atoms with Crippen molar-refractivity contribution < 1.29 is 24.6 Å². The van der Waals surface area contributed by atoms with Gasteiger partial charge in [-0.2, -0.15) is 0 Å². The van der Waals surface area contributed by atoms with Crippen molar-refractivity contribution >= 4 is 17.8 Å². The highest BCUT2D eigenvalue weighted by Gasteiger charge is 2.22. The van der Waals surface area contributed by atoms with E-state index in [9.17, 15) is 14.4 Å². The molecule has 1 aromatic rings. The minimum absolute atomic E-state index is 0.152. The Morgan fingerprint density at radius 1 is 1.39 bits per heavy atom. The van der Waals surface area contributed by atoms with Crippen LogP contribution >= 0.6 is 0 Å². The topological polar surface area (TPSA) is 109 Å². The van der Waals surface area contributed by atoms with Crippen LogP contribution in [0.1, 0.15) is 23.3 Å². The van der Waals surface area contributed by atoms with Crippen LogP contribution in [0, 0.1) is 0 Å². The summed E-state index contributed by atoms with van der Waals surface area (Å²) in [6, 6.07) is 2.00. The lowest BCUT2D eigenvalue weighted by molar-refractivity contribution is -0.140. The molecule has 0 aromatic carbocycles. The summed E-state index contributed by atoms with van der Waals surface area (Å²) in [6.07, 6.45) is 1.19. The number of carboxylic acids is 2. The van der Waals surface area contributed by atoms with Gasteiger partial charge in [0, 0.05) is 19.7 Å². The lowest BCUT2D eigenvalue weighted by Gasteiger charge is -2.13. The largest absolute Gasteiger partial charge is 0.481 e. The lowest BCUT2D eigenvalue weighted by Crippen LogP contribution is -2.41. The van der Waals surface area contributed by atoms with Crippen molar-refractivity contribution in [2.75, 3.05) is 0 Å². The number of hydrogen-bond donors (Lipinski definition) is 3. The molecule has 0 aliphatic carbocycles. The molecule has 1 aromatic heterocycles. The van der Waals surface area contributed by atoms with Gasteiger partial charge in [0.15, 0.2) is 0 Å². The zero-order valence-corrected chi connectivity index (χ0v) is 9.79. The summed E-state index contributed by atoms with van der Waals surface area (Å²) >= 11 is 0. The van der Waals surface area contributed by atoms with Crippen LogP contribution in [-0.4, -0.2) is 38.7 Å². The molecule has 1 heterocycles. The third-order valence-corrected chi connectivity index (χ3v) is 2.43. The summed E-state index contributed by atoms with van der Waals surface area (Å²) in [6.45, 7) is 0. The minimum Gasteiger partial charge on any atom is -0.481 e. The average molecular weight is 254 g/mol. The second kappa shape index (κ2) is 5.85. The molecule has 18 heavy (non-hydrogen) atoms. The zero-order valence-electron chi connectivity index (χ0n) is 9.79. The summed E-state index contributed by atoms with van der Waals surface area (Å²) in [7, 11) is 1.65. The fourth-order valence-corrected chi connectivity index (χ4v) is 1.45. The number of carbonyl (C=O) groups is 3. The molecule has 0 fully saturated rings. The number of aliphatic carboxylic acids is 2. The van der Waals surface area contributed by atoms with Gasteiger partial charge in [0.25, 0.3) is 5.91 Å². The van der Waals surface area contributed by atoms with Gasteiger partial charge in [0.2, 0.25) is 0 Å². The van der Waals surface area contributed by atoms with E-state index in [4.69, 9.17) is 10.2 Å². The van der Waals surface area contributed by atoms with Gasteiger partial charge < -0.3 is 20.1 Å². The standard InChI is InChI=1S/C11H14N2O5/c1-13-6-2-3-8(13)10(16)12-7(11(17)18)4-5-9(14)15/h2-3,6-7H,4-5H2,1H3,(H,12,16)(H,14,15)(H,17,18). The summed E-state index contributed by atoms with van der Waals surface area (Å²) < 4.78 is 1.55. The van der Waals surface area contributed by atoms with Gasteiger partial charge in [-0.05, 0) is 18.6 Å². The molecule has 1 unspecified atom stereocenters. The second-order valence-corrected chi connectivity index (χ2v) is 3.80. The molecular formula is C11H14N2O5. The van der Waals surface area contributed by atoms with E-state index in [1.807, 2.05) is 0 Å². The van der Waals surface area contributed by atoms with E-state index in [-0.39, 0.29) is 12.8 Å². The summed E-state index contributed by atoms with van der Waals surface area (Å²) in [5, 5.41) is 19.7. The third-order valence-electron chi connectivity index (χ3n) is 2.43. The highest BCUT2D eigenvalue weighted by atomic mass is 16.4. The molecule has 1 atom stereocenters. The van der Waals surface area contributed by atoms with E-state index in [0.29, 0.717) is 5.69 Å². The molecule has 3 N–H and O–H groups in total. The Morgan fingerprint density at radius 3 is 2.50 bits per heavy atom. The molecule has 1 rings (SSSR count). The Morgan fingerprint density at radius 2 is 2.06 bits per heavy atom. The van der Waals surface area contributed by atoms with Crippen molar-refractivity contribution in [1.29, 1.82) is 0 Å². The van der Waals surface area contributed by atoms with Crippen molar-refractivity contribution in [2.24, 2.45) is 7.05 Å². The molecule has 0 spiro atoms. The molecule has 7 nitrogen and oxygen atoms in total. The Bertz CT molecular complexity index is 466. The monoisotopic (exact) mass is 254 g/mol. The van der Waals surface area contributed by atoms with E-state index >= 15 is 0 Å². The highest BCUT2D eigenvalue weighted by Crippen LogP contribution is 2.03.